The third kappa shape index (κ3) is 7.90. The summed E-state index contributed by atoms with van der Waals surface area (Å²) in [5.41, 5.74) is 6.03. The molecule has 0 spiro atoms. The number of halogens is 1. The van der Waals surface area contributed by atoms with E-state index in [0.717, 1.165) is 47.7 Å². The van der Waals surface area contributed by atoms with Gasteiger partial charge in [0.15, 0.2) is 0 Å². The second-order valence-corrected chi connectivity index (χ2v) is 11.2. The summed E-state index contributed by atoms with van der Waals surface area (Å²) in [6, 6.07) is 16.9. The zero-order valence-corrected chi connectivity index (χ0v) is 24.9. The Morgan fingerprint density at radius 2 is 1.88 bits per heavy atom. The van der Waals surface area contributed by atoms with Gasteiger partial charge in [-0.1, -0.05) is 57.0 Å². The molecule has 1 aliphatic rings. The van der Waals surface area contributed by atoms with E-state index in [2.05, 4.69) is 46.6 Å². The third-order valence-electron chi connectivity index (χ3n) is 7.16. The van der Waals surface area contributed by atoms with Crippen molar-refractivity contribution >= 4 is 39.9 Å². The number of anilines is 1. The van der Waals surface area contributed by atoms with E-state index in [1.54, 1.807) is 30.6 Å². The fourth-order valence-electron chi connectivity index (χ4n) is 5.01. The molecule has 41 heavy (non-hydrogen) atoms. The Bertz CT molecular complexity index is 1510. The van der Waals surface area contributed by atoms with Gasteiger partial charge >= 0.3 is 5.97 Å². The standard InChI is InChI=1S/C31H33ClN4O3.C2H6/c1-31(2)11-9-22(27(17-31)20-3-5-23(32)6-4-20)18-33-13-14-34-24-7-8-26(30(37)38)28(16-24)39-25-15-21-10-12-35-29(21)36-19-25;1-2/h3-8,10,12,15-16,19,33-34H,9,11,13-14,17-18H2,1-2H3,(H,35,36)(H,37,38);1-2H3. The van der Waals surface area contributed by atoms with Gasteiger partial charge in [-0.25, -0.2) is 9.78 Å². The van der Waals surface area contributed by atoms with E-state index in [9.17, 15) is 9.90 Å². The first-order chi connectivity index (χ1) is 19.8. The van der Waals surface area contributed by atoms with E-state index >= 15 is 0 Å². The highest BCUT2D eigenvalue weighted by Crippen LogP contribution is 2.42. The summed E-state index contributed by atoms with van der Waals surface area (Å²) in [5.74, 6) is -0.308. The number of aromatic nitrogens is 2. The second-order valence-electron chi connectivity index (χ2n) is 10.7. The Kier molecular flexibility index (Phi) is 10.1. The third-order valence-corrected chi connectivity index (χ3v) is 7.41. The summed E-state index contributed by atoms with van der Waals surface area (Å²) < 4.78 is 5.95. The molecule has 0 bridgehead atoms. The van der Waals surface area contributed by atoms with Crippen molar-refractivity contribution in [3.05, 3.63) is 88.7 Å². The van der Waals surface area contributed by atoms with E-state index in [1.807, 2.05) is 38.1 Å². The lowest BCUT2D eigenvalue weighted by atomic mass is 9.72. The topological polar surface area (TPSA) is 99.3 Å². The van der Waals surface area contributed by atoms with Crippen molar-refractivity contribution < 1.29 is 14.6 Å². The van der Waals surface area contributed by atoms with Crippen LogP contribution in [0.25, 0.3) is 16.6 Å². The monoisotopic (exact) mass is 574 g/mol. The minimum Gasteiger partial charge on any atom is -0.478 e. The minimum absolute atomic E-state index is 0.0923. The van der Waals surface area contributed by atoms with Gasteiger partial charge in [0.1, 0.15) is 22.7 Å². The zero-order chi connectivity index (χ0) is 29.4. The van der Waals surface area contributed by atoms with Gasteiger partial charge in [0.2, 0.25) is 0 Å². The Hall–Kier alpha value is -3.81. The molecule has 5 rings (SSSR count). The van der Waals surface area contributed by atoms with Gasteiger partial charge in [-0.3, -0.25) is 0 Å². The number of aromatic carboxylic acids is 1. The number of carboxylic acids is 1. The van der Waals surface area contributed by atoms with Crippen LogP contribution in [0.15, 0.2) is 72.6 Å². The SMILES string of the molecule is CC.CC1(C)CCC(CNCCNc2ccc(C(=O)O)c(Oc3cnc4[nH]ccc4c3)c2)=C(c2ccc(Cl)cc2)C1. The molecule has 7 nitrogen and oxygen atoms in total. The van der Waals surface area contributed by atoms with Crippen molar-refractivity contribution in [3.63, 3.8) is 0 Å². The molecule has 8 heteroatoms. The number of allylic oxidation sites excluding steroid dienone is 1. The number of carbonyl (C=O) groups is 1. The average molecular weight is 575 g/mol. The highest BCUT2D eigenvalue weighted by atomic mass is 35.5. The first kappa shape index (κ1) is 30.2. The number of nitrogens with zero attached hydrogens (tertiary/aromatic N) is 1. The Morgan fingerprint density at radius 3 is 2.63 bits per heavy atom. The van der Waals surface area contributed by atoms with Crippen LogP contribution in [0.5, 0.6) is 11.5 Å². The van der Waals surface area contributed by atoms with Crippen LogP contribution in [0.1, 0.15) is 62.9 Å². The first-order valence-electron chi connectivity index (χ1n) is 14.2. The fourth-order valence-corrected chi connectivity index (χ4v) is 5.14. The summed E-state index contributed by atoms with van der Waals surface area (Å²) in [6.07, 6.45) is 6.67. The van der Waals surface area contributed by atoms with E-state index in [-0.39, 0.29) is 16.7 Å². The predicted octanol–water partition coefficient (Wildman–Crippen LogP) is 8.40. The Morgan fingerprint density at radius 1 is 1.10 bits per heavy atom. The van der Waals surface area contributed by atoms with Gasteiger partial charge in [-0.05, 0) is 72.2 Å². The number of benzene rings is 2. The number of hydrogen-bond acceptors (Lipinski definition) is 5. The number of rotatable bonds is 10. The largest absolute Gasteiger partial charge is 0.478 e. The molecule has 0 unspecified atom stereocenters. The van der Waals surface area contributed by atoms with Crippen LogP contribution in [-0.2, 0) is 0 Å². The Balaban J connectivity index is 0.00000189. The molecule has 216 valence electrons. The molecule has 2 heterocycles. The first-order valence-corrected chi connectivity index (χ1v) is 14.5. The number of H-pyrrole nitrogens is 1. The molecule has 4 N–H and O–H groups in total. The van der Waals surface area contributed by atoms with Crippen LogP contribution < -0.4 is 15.4 Å². The van der Waals surface area contributed by atoms with Crippen molar-refractivity contribution in [1.29, 1.82) is 0 Å². The normalized spacial score (nSPS) is 14.4. The molecule has 0 fully saturated rings. The molecule has 0 saturated heterocycles. The Labute approximate surface area is 247 Å². The molecule has 0 saturated carbocycles. The minimum atomic E-state index is -1.05. The van der Waals surface area contributed by atoms with Crippen molar-refractivity contribution in [3.8, 4) is 11.5 Å². The van der Waals surface area contributed by atoms with Gasteiger partial charge < -0.3 is 25.5 Å². The molecule has 0 amide bonds. The van der Waals surface area contributed by atoms with Crippen LogP contribution in [0.3, 0.4) is 0 Å². The van der Waals surface area contributed by atoms with E-state index in [4.69, 9.17) is 16.3 Å². The predicted molar refractivity (Wildman–Crippen MR) is 168 cm³/mol. The zero-order valence-electron chi connectivity index (χ0n) is 24.2. The fraction of sp³-hybridized carbons (Fsp3) is 0.333. The maximum atomic E-state index is 11.8. The van der Waals surface area contributed by atoms with Crippen molar-refractivity contribution in [2.45, 2.75) is 47.0 Å². The molecular weight excluding hydrogens is 536 g/mol. The lowest BCUT2D eigenvalue weighted by molar-refractivity contribution is 0.0694. The molecular formula is C33H39ClN4O3. The van der Waals surface area contributed by atoms with Crippen molar-refractivity contribution in [2.24, 2.45) is 5.41 Å². The van der Waals surface area contributed by atoms with Gasteiger partial charge in [0, 0.05) is 48.0 Å². The van der Waals surface area contributed by atoms with E-state index < -0.39 is 5.97 Å². The van der Waals surface area contributed by atoms with Crippen LogP contribution >= 0.6 is 11.6 Å². The van der Waals surface area contributed by atoms with Crippen LogP contribution in [-0.4, -0.2) is 40.7 Å². The molecule has 0 aliphatic heterocycles. The second kappa shape index (κ2) is 13.7. The lowest BCUT2D eigenvalue weighted by Gasteiger charge is -2.34. The maximum Gasteiger partial charge on any atom is 0.339 e. The quantitative estimate of drug-likeness (QED) is 0.142. The van der Waals surface area contributed by atoms with Crippen LogP contribution in [0.2, 0.25) is 5.02 Å². The molecule has 4 aromatic rings. The maximum absolute atomic E-state index is 11.8. The smallest absolute Gasteiger partial charge is 0.339 e. The van der Waals surface area contributed by atoms with Crippen molar-refractivity contribution in [2.75, 3.05) is 25.0 Å². The van der Waals surface area contributed by atoms with Gasteiger partial charge in [-0.2, -0.15) is 0 Å². The van der Waals surface area contributed by atoms with E-state index in [1.165, 1.54) is 23.1 Å². The molecule has 2 aromatic carbocycles. The highest BCUT2D eigenvalue weighted by molar-refractivity contribution is 6.30. The van der Waals surface area contributed by atoms with Gasteiger partial charge in [0.25, 0.3) is 0 Å². The summed E-state index contributed by atoms with van der Waals surface area (Å²) >= 11 is 6.13. The summed E-state index contributed by atoms with van der Waals surface area (Å²) in [6.45, 7) is 10.9. The average Bonchev–Trinajstić information content (AvgIpc) is 3.43. The molecule has 0 radical (unpaired) electrons. The van der Waals surface area contributed by atoms with E-state index in [0.29, 0.717) is 12.3 Å². The van der Waals surface area contributed by atoms with Crippen LogP contribution in [0, 0.1) is 5.41 Å². The summed E-state index contributed by atoms with van der Waals surface area (Å²) in [4.78, 5) is 19.1. The number of fused-ring (bicyclic) bond motifs is 1. The molecule has 2 aromatic heterocycles. The number of carboxylic acid groups (broad SMARTS) is 1. The van der Waals surface area contributed by atoms with Crippen molar-refractivity contribution in [1.82, 2.24) is 15.3 Å². The summed E-state index contributed by atoms with van der Waals surface area (Å²) in [7, 11) is 0. The number of hydrogen-bond donors (Lipinski definition) is 4. The lowest BCUT2D eigenvalue weighted by Crippen LogP contribution is -2.27. The highest BCUT2D eigenvalue weighted by Gasteiger charge is 2.27. The number of nitrogens with one attached hydrogen (secondary N) is 3. The van der Waals surface area contributed by atoms with Gasteiger partial charge in [-0.15, -0.1) is 0 Å². The number of pyridine rings is 1. The number of ether oxygens (including phenoxy) is 1. The molecule has 1 aliphatic carbocycles. The van der Waals surface area contributed by atoms with Gasteiger partial charge in [0.05, 0.1) is 6.20 Å². The van der Waals surface area contributed by atoms with Crippen LogP contribution in [0.4, 0.5) is 5.69 Å². The number of aromatic amines is 1. The summed E-state index contributed by atoms with van der Waals surface area (Å²) in [5, 5.41) is 18.2. The molecule has 0 atom stereocenters.